The molecule has 0 bridgehead atoms. The first-order valence-electron chi connectivity index (χ1n) is 13.4. The van der Waals surface area contributed by atoms with Crippen LogP contribution in [-0.2, 0) is 34.7 Å². The molecule has 0 aromatic heterocycles. The molecule has 212 valence electrons. The van der Waals surface area contributed by atoms with Crippen molar-refractivity contribution in [3.05, 3.63) is 65.2 Å². The molecule has 3 heterocycles. The van der Waals surface area contributed by atoms with Crippen LogP contribution in [0.5, 0.6) is 0 Å². The monoisotopic (exact) mass is 567 g/mol. The van der Waals surface area contributed by atoms with Gasteiger partial charge >= 0.3 is 0 Å². The zero-order chi connectivity index (χ0) is 28.8. The number of fused-ring (bicyclic) bond motifs is 2. The summed E-state index contributed by atoms with van der Waals surface area (Å²) < 4.78 is 32.0. The van der Waals surface area contributed by atoms with E-state index < -0.39 is 38.9 Å². The summed E-state index contributed by atoms with van der Waals surface area (Å²) in [5.41, 5.74) is -1.05. The number of anilines is 1. The number of amides is 2. The number of sulfonamides is 1. The van der Waals surface area contributed by atoms with Gasteiger partial charge in [-0.1, -0.05) is 31.5 Å². The van der Waals surface area contributed by atoms with Crippen LogP contribution in [0.4, 0.5) is 5.69 Å². The Morgan fingerprint density at radius 2 is 1.80 bits per heavy atom. The van der Waals surface area contributed by atoms with Gasteiger partial charge in [0.25, 0.3) is 17.6 Å². The third-order valence-electron chi connectivity index (χ3n) is 7.86. The first-order valence-corrected chi connectivity index (χ1v) is 14.9. The number of likely N-dealkylation sites (tertiary alicyclic amines) is 1. The highest BCUT2D eigenvalue weighted by molar-refractivity contribution is 7.89. The number of carbonyl (C=O) groups excluding carboxylic acids is 3. The van der Waals surface area contributed by atoms with Crippen molar-refractivity contribution in [2.45, 2.75) is 49.1 Å². The summed E-state index contributed by atoms with van der Waals surface area (Å²) in [6.07, 6.45) is 2.66. The highest BCUT2D eigenvalue weighted by Gasteiger charge is 2.67. The van der Waals surface area contributed by atoms with Gasteiger partial charge in [0, 0.05) is 44.9 Å². The second-order valence-electron chi connectivity index (χ2n) is 10.5. The molecule has 0 aliphatic carbocycles. The number of hydrogen-bond acceptors (Lipinski definition) is 7. The Morgan fingerprint density at radius 1 is 1.10 bits per heavy atom. The Hall–Kier alpha value is -3.54. The maximum absolute atomic E-state index is 14.5. The minimum atomic E-state index is -3.74. The van der Waals surface area contributed by atoms with Crippen LogP contribution in [0.1, 0.15) is 43.7 Å². The molecule has 1 N–H and O–H groups in total. The topological polar surface area (TPSA) is 125 Å². The van der Waals surface area contributed by atoms with Gasteiger partial charge in [0.05, 0.1) is 22.3 Å². The molecular formula is C29H33N3O7S. The normalized spacial score (nSPS) is 24.1. The molecule has 2 aromatic rings. The predicted octanol–water partition coefficient (Wildman–Crippen LogP) is 2.84. The summed E-state index contributed by atoms with van der Waals surface area (Å²) >= 11 is 0. The fraction of sp³-hybridized carbons (Fsp3) is 0.414. The first kappa shape index (κ1) is 28.0. The number of aliphatic hydroxyl groups is 1. The Balaban J connectivity index is 1.73. The van der Waals surface area contributed by atoms with E-state index in [9.17, 15) is 27.9 Å². The molecule has 2 fully saturated rings. The smallest absolute Gasteiger partial charge is 0.296 e. The van der Waals surface area contributed by atoms with Crippen molar-refractivity contribution < 1.29 is 32.6 Å². The number of ketones is 1. The minimum Gasteiger partial charge on any atom is -0.507 e. The van der Waals surface area contributed by atoms with Gasteiger partial charge in [0.2, 0.25) is 10.0 Å². The van der Waals surface area contributed by atoms with E-state index in [-0.39, 0.29) is 28.7 Å². The van der Waals surface area contributed by atoms with Crippen LogP contribution in [0.15, 0.2) is 59.0 Å². The maximum atomic E-state index is 14.5. The number of hydrogen-bond donors (Lipinski definition) is 1. The number of nitrogens with zero attached hydrogens (tertiary/aromatic N) is 3. The van der Waals surface area contributed by atoms with Crippen LogP contribution in [0.3, 0.4) is 0 Å². The summed E-state index contributed by atoms with van der Waals surface area (Å²) in [5, 5.41) is 11.6. The van der Waals surface area contributed by atoms with Crippen molar-refractivity contribution in [3.8, 4) is 0 Å². The van der Waals surface area contributed by atoms with Gasteiger partial charge in [-0.2, -0.15) is 0 Å². The lowest BCUT2D eigenvalue weighted by molar-refractivity contribution is -0.145. The van der Waals surface area contributed by atoms with Gasteiger partial charge in [0.15, 0.2) is 5.54 Å². The number of carbonyl (C=O) groups is 3. The van der Waals surface area contributed by atoms with Crippen molar-refractivity contribution >= 4 is 39.1 Å². The van der Waals surface area contributed by atoms with E-state index in [1.54, 1.807) is 29.2 Å². The summed E-state index contributed by atoms with van der Waals surface area (Å²) in [5.74, 6) is -2.87. The van der Waals surface area contributed by atoms with Gasteiger partial charge < -0.3 is 19.6 Å². The summed E-state index contributed by atoms with van der Waals surface area (Å²) in [7, 11) is -0.919. The maximum Gasteiger partial charge on any atom is 0.296 e. The van der Waals surface area contributed by atoms with Crippen LogP contribution in [0, 0.1) is 0 Å². The fourth-order valence-corrected chi connectivity index (χ4v) is 6.69. The number of ether oxygens (including phenoxy) is 1. The van der Waals surface area contributed by atoms with E-state index in [0.717, 1.165) is 17.1 Å². The molecule has 2 saturated heterocycles. The van der Waals surface area contributed by atoms with E-state index in [1.807, 2.05) is 6.92 Å². The average molecular weight is 568 g/mol. The van der Waals surface area contributed by atoms with Crippen molar-refractivity contribution in [1.29, 1.82) is 0 Å². The molecule has 2 unspecified atom stereocenters. The van der Waals surface area contributed by atoms with Crippen LogP contribution in [0.25, 0.3) is 5.76 Å². The lowest BCUT2D eigenvalue weighted by Crippen LogP contribution is -2.54. The lowest BCUT2D eigenvalue weighted by Gasteiger charge is -2.35. The van der Waals surface area contributed by atoms with Gasteiger partial charge in [-0.05, 0) is 49.6 Å². The van der Waals surface area contributed by atoms with Gasteiger partial charge in [-0.15, -0.1) is 0 Å². The molecule has 5 rings (SSSR count). The largest absolute Gasteiger partial charge is 0.507 e. The SMILES string of the molecule is CCCCN1C(=O)C2(/C(=C(/O)c3ccc(S(=O)(=O)N(C)C)cc3)C(=O)C(=O)N2CC2CCCO2)c2ccccc21. The van der Waals surface area contributed by atoms with Crippen LogP contribution < -0.4 is 4.90 Å². The van der Waals surface area contributed by atoms with Crippen LogP contribution in [0.2, 0.25) is 0 Å². The van der Waals surface area contributed by atoms with E-state index in [1.165, 1.54) is 43.3 Å². The first-order chi connectivity index (χ1) is 19.1. The Morgan fingerprint density at radius 3 is 2.42 bits per heavy atom. The number of para-hydroxylation sites is 1. The number of aliphatic hydroxyl groups excluding tert-OH is 1. The molecule has 3 aliphatic heterocycles. The summed E-state index contributed by atoms with van der Waals surface area (Å²) in [6.45, 7) is 2.93. The predicted molar refractivity (Wildman–Crippen MR) is 148 cm³/mol. The van der Waals surface area contributed by atoms with E-state index in [0.29, 0.717) is 37.2 Å². The summed E-state index contributed by atoms with van der Waals surface area (Å²) in [4.78, 5) is 44.7. The van der Waals surface area contributed by atoms with E-state index in [4.69, 9.17) is 4.74 Å². The minimum absolute atomic E-state index is 0.00405. The molecule has 2 aromatic carbocycles. The van der Waals surface area contributed by atoms with Crippen molar-refractivity contribution in [1.82, 2.24) is 9.21 Å². The molecule has 11 heteroatoms. The van der Waals surface area contributed by atoms with Crippen molar-refractivity contribution in [3.63, 3.8) is 0 Å². The standard InChI is InChI=1S/C29H33N3O7S/c1-4-5-16-31-23-11-7-6-10-22(23)29(28(31)36)24(26(34)27(35)32(29)18-20-9-8-17-39-20)25(33)19-12-14-21(15-13-19)40(37,38)30(2)3/h6-7,10-15,20,33H,4-5,8-9,16-18H2,1-3H3/b25-24+. The van der Waals surface area contributed by atoms with Crippen LogP contribution >= 0.6 is 0 Å². The third kappa shape index (κ3) is 4.15. The molecule has 3 aliphatic rings. The van der Waals surface area contributed by atoms with Crippen molar-refractivity contribution in [2.24, 2.45) is 0 Å². The van der Waals surface area contributed by atoms with Gasteiger partial charge in [-0.3, -0.25) is 14.4 Å². The second kappa shape index (κ2) is 10.5. The Labute approximate surface area is 233 Å². The zero-order valence-corrected chi connectivity index (χ0v) is 23.6. The third-order valence-corrected chi connectivity index (χ3v) is 9.69. The number of unbranched alkanes of at least 4 members (excludes halogenated alkanes) is 1. The molecule has 2 amide bonds. The number of rotatable bonds is 8. The van der Waals surface area contributed by atoms with Gasteiger partial charge in [0.1, 0.15) is 5.76 Å². The Kier molecular flexibility index (Phi) is 7.32. The van der Waals surface area contributed by atoms with E-state index in [2.05, 4.69) is 0 Å². The lowest BCUT2D eigenvalue weighted by atomic mass is 9.81. The van der Waals surface area contributed by atoms with Crippen LogP contribution in [-0.4, -0.2) is 80.2 Å². The second-order valence-corrected chi connectivity index (χ2v) is 12.6. The molecule has 2 atom stereocenters. The average Bonchev–Trinajstić information content (AvgIpc) is 3.60. The molecule has 1 spiro atoms. The molecular weight excluding hydrogens is 534 g/mol. The number of Topliss-reactive ketones (excluding diaryl/α,β-unsaturated/α-hetero) is 1. The quantitative estimate of drug-likeness (QED) is 0.296. The highest BCUT2D eigenvalue weighted by atomic mass is 32.2. The molecule has 10 nitrogen and oxygen atoms in total. The summed E-state index contributed by atoms with van der Waals surface area (Å²) in [6, 6.07) is 12.4. The number of benzene rings is 2. The van der Waals surface area contributed by atoms with Crippen molar-refractivity contribution in [2.75, 3.05) is 38.7 Å². The highest BCUT2D eigenvalue weighted by Crippen LogP contribution is 2.54. The molecule has 40 heavy (non-hydrogen) atoms. The zero-order valence-electron chi connectivity index (χ0n) is 22.8. The Bertz CT molecular complexity index is 1490. The van der Waals surface area contributed by atoms with E-state index >= 15 is 0 Å². The molecule has 0 radical (unpaired) electrons. The fourth-order valence-electron chi connectivity index (χ4n) is 5.79. The molecule has 0 saturated carbocycles. The van der Waals surface area contributed by atoms with Gasteiger partial charge in [-0.25, -0.2) is 12.7 Å².